The summed E-state index contributed by atoms with van der Waals surface area (Å²) in [7, 11) is 3.24. The molecular weight excluding hydrogens is 354 g/mol. The van der Waals surface area contributed by atoms with Gasteiger partial charge in [0.15, 0.2) is 5.82 Å². The van der Waals surface area contributed by atoms with Crippen LogP contribution >= 0.6 is 0 Å². The maximum absolute atomic E-state index is 12.7. The molecule has 144 valence electrons. The molecule has 6 heteroatoms. The number of hydrogen-bond donors (Lipinski definition) is 1. The Morgan fingerprint density at radius 1 is 0.964 bits per heavy atom. The Hall–Kier alpha value is -3.41. The first kappa shape index (κ1) is 19.4. The molecule has 1 atom stereocenters. The highest BCUT2D eigenvalue weighted by Gasteiger charge is 2.16. The van der Waals surface area contributed by atoms with Gasteiger partial charge < -0.3 is 14.8 Å². The number of aromatic nitrogens is 2. The molecule has 1 heterocycles. The minimum absolute atomic E-state index is 0.154. The van der Waals surface area contributed by atoms with Crippen LogP contribution < -0.4 is 14.8 Å². The van der Waals surface area contributed by atoms with Gasteiger partial charge in [0, 0.05) is 11.8 Å². The molecule has 0 aliphatic carbocycles. The number of nitrogens with one attached hydrogen (secondary N) is 1. The average molecular weight is 377 g/mol. The Morgan fingerprint density at radius 3 is 2.07 bits per heavy atom. The molecular formula is C22H23N3O3. The van der Waals surface area contributed by atoms with Gasteiger partial charge in [0.1, 0.15) is 11.5 Å². The van der Waals surface area contributed by atoms with E-state index in [-0.39, 0.29) is 11.9 Å². The Kier molecular flexibility index (Phi) is 5.89. The normalized spacial score (nSPS) is 11.6. The van der Waals surface area contributed by atoms with Crippen LogP contribution in [0.2, 0.25) is 0 Å². The third kappa shape index (κ3) is 4.28. The summed E-state index contributed by atoms with van der Waals surface area (Å²) in [5.41, 5.74) is 2.93. The maximum atomic E-state index is 12.7. The summed E-state index contributed by atoms with van der Waals surface area (Å²) in [5, 5.41) is 2.99. The quantitative estimate of drug-likeness (QED) is 0.704. The van der Waals surface area contributed by atoms with E-state index in [1.807, 2.05) is 62.4 Å². The van der Waals surface area contributed by atoms with Crippen LogP contribution in [-0.4, -0.2) is 30.1 Å². The van der Waals surface area contributed by atoms with Gasteiger partial charge >= 0.3 is 0 Å². The number of rotatable bonds is 6. The van der Waals surface area contributed by atoms with Crippen LogP contribution in [0.4, 0.5) is 0 Å². The SMILES string of the molecule is COc1ccc(-c2ncc(C(=O)N[C@@H](C)c3ccc(OC)cc3)c(C)n2)cc1. The lowest BCUT2D eigenvalue weighted by atomic mass is 10.1. The van der Waals surface area contributed by atoms with Crippen molar-refractivity contribution in [2.24, 2.45) is 0 Å². The van der Waals surface area contributed by atoms with Crippen LogP contribution in [0.5, 0.6) is 11.5 Å². The summed E-state index contributed by atoms with van der Waals surface area (Å²) in [4.78, 5) is 21.5. The fourth-order valence-corrected chi connectivity index (χ4v) is 2.82. The van der Waals surface area contributed by atoms with Crippen molar-refractivity contribution < 1.29 is 14.3 Å². The van der Waals surface area contributed by atoms with Crippen molar-refractivity contribution in [3.8, 4) is 22.9 Å². The van der Waals surface area contributed by atoms with Crippen molar-refractivity contribution >= 4 is 5.91 Å². The number of hydrogen-bond acceptors (Lipinski definition) is 5. The topological polar surface area (TPSA) is 73.3 Å². The second-order valence-corrected chi connectivity index (χ2v) is 6.39. The molecule has 0 aliphatic heterocycles. The summed E-state index contributed by atoms with van der Waals surface area (Å²) in [6, 6.07) is 14.9. The fraction of sp³-hybridized carbons (Fsp3) is 0.227. The lowest BCUT2D eigenvalue weighted by molar-refractivity contribution is 0.0938. The molecule has 2 aromatic carbocycles. The number of carbonyl (C=O) groups is 1. The third-order valence-corrected chi connectivity index (χ3v) is 4.54. The highest BCUT2D eigenvalue weighted by Crippen LogP contribution is 2.21. The first-order valence-electron chi connectivity index (χ1n) is 8.94. The van der Waals surface area contributed by atoms with Crippen molar-refractivity contribution in [3.05, 3.63) is 71.5 Å². The predicted octanol–water partition coefficient (Wildman–Crippen LogP) is 3.96. The van der Waals surface area contributed by atoms with Gasteiger partial charge in [-0.3, -0.25) is 4.79 Å². The number of nitrogens with zero attached hydrogens (tertiary/aromatic N) is 2. The van der Waals surface area contributed by atoms with Crippen molar-refractivity contribution in [2.45, 2.75) is 19.9 Å². The minimum atomic E-state index is -0.206. The van der Waals surface area contributed by atoms with Crippen molar-refractivity contribution in [1.29, 1.82) is 0 Å². The van der Waals surface area contributed by atoms with E-state index in [2.05, 4.69) is 15.3 Å². The van der Waals surface area contributed by atoms with Crippen LogP contribution in [0.3, 0.4) is 0 Å². The van der Waals surface area contributed by atoms with E-state index in [1.165, 1.54) is 0 Å². The zero-order valence-electron chi connectivity index (χ0n) is 16.4. The molecule has 1 N–H and O–H groups in total. The molecule has 0 aliphatic rings. The van der Waals surface area contributed by atoms with Crippen molar-refractivity contribution in [3.63, 3.8) is 0 Å². The van der Waals surface area contributed by atoms with E-state index in [4.69, 9.17) is 9.47 Å². The summed E-state index contributed by atoms with van der Waals surface area (Å²) < 4.78 is 10.3. The smallest absolute Gasteiger partial charge is 0.255 e. The number of benzene rings is 2. The van der Waals surface area contributed by atoms with Crippen LogP contribution in [0, 0.1) is 6.92 Å². The highest BCUT2D eigenvalue weighted by atomic mass is 16.5. The molecule has 0 fully saturated rings. The Bertz CT molecular complexity index is 954. The first-order chi connectivity index (χ1) is 13.5. The van der Waals surface area contributed by atoms with Gasteiger partial charge in [0.2, 0.25) is 0 Å². The van der Waals surface area contributed by atoms with Gasteiger partial charge in [-0.25, -0.2) is 9.97 Å². The molecule has 3 rings (SSSR count). The maximum Gasteiger partial charge on any atom is 0.255 e. The van der Waals surface area contributed by atoms with Gasteiger partial charge in [0.25, 0.3) is 5.91 Å². The van der Waals surface area contributed by atoms with E-state index >= 15 is 0 Å². The molecule has 3 aromatic rings. The standard InChI is InChI=1S/C22H23N3O3/c1-14(16-5-9-18(27-3)10-6-16)25-22(26)20-13-23-21(24-15(20)2)17-7-11-19(28-4)12-8-17/h5-14H,1-4H3,(H,25,26)/t14-/m0/s1. The van der Waals surface area contributed by atoms with Crippen molar-refractivity contribution in [2.75, 3.05) is 14.2 Å². The summed E-state index contributed by atoms with van der Waals surface area (Å²) in [6.45, 7) is 3.74. The Balaban J connectivity index is 1.74. The van der Waals surface area contributed by atoms with E-state index < -0.39 is 0 Å². The van der Waals surface area contributed by atoms with E-state index in [1.54, 1.807) is 20.4 Å². The van der Waals surface area contributed by atoms with Gasteiger partial charge in [-0.15, -0.1) is 0 Å². The fourth-order valence-electron chi connectivity index (χ4n) is 2.82. The second-order valence-electron chi connectivity index (χ2n) is 6.39. The van der Waals surface area contributed by atoms with E-state index in [9.17, 15) is 4.79 Å². The van der Waals surface area contributed by atoms with Crippen LogP contribution in [0.15, 0.2) is 54.7 Å². The Labute approximate surface area is 164 Å². The molecule has 1 aromatic heterocycles. The van der Waals surface area contributed by atoms with Gasteiger partial charge in [-0.1, -0.05) is 12.1 Å². The second kappa shape index (κ2) is 8.52. The van der Waals surface area contributed by atoms with E-state index in [0.717, 1.165) is 22.6 Å². The number of carbonyl (C=O) groups excluding carboxylic acids is 1. The molecule has 28 heavy (non-hydrogen) atoms. The zero-order valence-corrected chi connectivity index (χ0v) is 16.4. The van der Waals surface area contributed by atoms with Gasteiger partial charge in [-0.05, 0) is 55.8 Å². The first-order valence-corrected chi connectivity index (χ1v) is 8.94. The molecule has 0 radical (unpaired) electrons. The summed E-state index contributed by atoms with van der Waals surface area (Å²) in [5.74, 6) is 1.91. The molecule has 0 bridgehead atoms. The third-order valence-electron chi connectivity index (χ3n) is 4.54. The van der Waals surface area contributed by atoms with Gasteiger partial charge in [-0.2, -0.15) is 0 Å². The lowest BCUT2D eigenvalue weighted by Gasteiger charge is -2.15. The highest BCUT2D eigenvalue weighted by molar-refractivity contribution is 5.95. The number of methoxy groups -OCH3 is 2. The molecule has 0 spiro atoms. The van der Waals surface area contributed by atoms with Crippen LogP contribution in [0.25, 0.3) is 11.4 Å². The zero-order chi connectivity index (χ0) is 20.1. The number of ether oxygens (including phenoxy) is 2. The lowest BCUT2D eigenvalue weighted by Crippen LogP contribution is -2.27. The number of aryl methyl sites for hydroxylation is 1. The largest absolute Gasteiger partial charge is 0.497 e. The Morgan fingerprint density at radius 2 is 1.54 bits per heavy atom. The predicted molar refractivity (Wildman–Crippen MR) is 108 cm³/mol. The molecule has 0 unspecified atom stereocenters. The van der Waals surface area contributed by atoms with Crippen molar-refractivity contribution in [1.82, 2.24) is 15.3 Å². The summed E-state index contributed by atoms with van der Waals surface area (Å²) in [6.07, 6.45) is 1.57. The minimum Gasteiger partial charge on any atom is -0.497 e. The molecule has 6 nitrogen and oxygen atoms in total. The van der Waals surface area contributed by atoms with E-state index in [0.29, 0.717) is 17.1 Å². The average Bonchev–Trinajstić information content (AvgIpc) is 2.73. The van der Waals surface area contributed by atoms with Gasteiger partial charge in [0.05, 0.1) is 31.5 Å². The monoisotopic (exact) mass is 377 g/mol. The number of amides is 1. The molecule has 1 amide bonds. The van der Waals surface area contributed by atoms with Crippen LogP contribution in [-0.2, 0) is 0 Å². The molecule has 0 saturated heterocycles. The van der Waals surface area contributed by atoms with Crippen LogP contribution in [0.1, 0.15) is 34.6 Å². The summed E-state index contributed by atoms with van der Waals surface area (Å²) >= 11 is 0. The molecule has 0 saturated carbocycles.